The summed E-state index contributed by atoms with van der Waals surface area (Å²) in [4.78, 5) is 28.2. The molecule has 0 spiro atoms. The van der Waals surface area contributed by atoms with Gasteiger partial charge in [-0.05, 0) is 17.7 Å². The summed E-state index contributed by atoms with van der Waals surface area (Å²) >= 11 is 0. The molecule has 0 aliphatic carbocycles. The van der Waals surface area contributed by atoms with Crippen molar-refractivity contribution in [2.24, 2.45) is 7.05 Å². The number of carbonyl (C=O) groups excluding carboxylic acids is 2. The molecule has 0 bridgehead atoms. The molecule has 1 atom stereocenters. The third-order valence-corrected chi connectivity index (χ3v) is 5.12. The number of aromatic nitrogens is 2. The number of anilines is 1. The Kier molecular flexibility index (Phi) is 4.57. The zero-order chi connectivity index (χ0) is 19.0. The highest BCUT2D eigenvalue weighted by atomic mass is 16.5. The maximum Gasteiger partial charge on any atom is 0.238 e. The number of amides is 2. The number of nitrogens with zero attached hydrogens (tertiary/aromatic N) is 4. The van der Waals surface area contributed by atoms with Crippen molar-refractivity contribution >= 4 is 17.5 Å². The lowest BCUT2D eigenvalue weighted by atomic mass is 10.1. The summed E-state index contributed by atoms with van der Waals surface area (Å²) in [6.45, 7) is 4.17. The van der Waals surface area contributed by atoms with Crippen LogP contribution < -0.4 is 10.1 Å². The van der Waals surface area contributed by atoms with Gasteiger partial charge in [-0.2, -0.15) is 5.10 Å². The van der Waals surface area contributed by atoms with Crippen LogP contribution in [0.1, 0.15) is 6.92 Å². The Hall–Kier alpha value is -2.87. The molecule has 2 aliphatic heterocycles. The second-order valence-electron chi connectivity index (χ2n) is 7.06. The van der Waals surface area contributed by atoms with E-state index in [1.165, 1.54) is 0 Å². The second kappa shape index (κ2) is 7.03. The van der Waals surface area contributed by atoms with Crippen molar-refractivity contribution < 1.29 is 14.3 Å². The van der Waals surface area contributed by atoms with Crippen molar-refractivity contribution in [2.45, 2.75) is 13.0 Å². The number of carbonyl (C=O) groups is 2. The minimum Gasteiger partial charge on any atom is -0.490 e. The maximum atomic E-state index is 12.6. The van der Waals surface area contributed by atoms with Gasteiger partial charge in [-0.25, -0.2) is 0 Å². The molecule has 2 aliphatic rings. The Labute approximate surface area is 157 Å². The molecule has 0 unspecified atom stereocenters. The first-order chi connectivity index (χ1) is 13.0. The van der Waals surface area contributed by atoms with Gasteiger partial charge in [-0.15, -0.1) is 0 Å². The van der Waals surface area contributed by atoms with Crippen molar-refractivity contribution in [1.29, 1.82) is 0 Å². The minimum atomic E-state index is -0.0774. The van der Waals surface area contributed by atoms with Crippen LogP contribution in [0.5, 0.6) is 5.75 Å². The van der Waals surface area contributed by atoms with Crippen LogP contribution in [0.3, 0.4) is 0 Å². The van der Waals surface area contributed by atoms with Gasteiger partial charge in [0.25, 0.3) is 0 Å². The third-order valence-electron chi connectivity index (χ3n) is 5.12. The predicted octanol–water partition coefficient (Wildman–Crippen LogP) is 0.951. The molecule has 2 aromatic rings. The first kappa shape index (κ1) is 17.5. The minimum absolute atomic E-state index is 0.00245. The molecule has 1 saturated heterocycles. The van der Waals surface area contributed by atoms with Crippen molar-refractivity contribution in [3.8, 4) is 16.9 Å². The lowest BCUT2D eigenvalue weighted by Gasteiger charge is -2.40. The first-order valence-corrected chi connectivity index (χ1v) is 9.05. The monoisotopic (exact) mass is 369 g/mol. The van der Waals surface area contributed by atoms with Crippen LogP contribution in [0.15, 0.2) is 30.6 Å². The highest BCUT2D eigenvalue weighted by Crippen LogP contribution is 2.32. The molecule has 0 radical (unpaired) electrons. The lowest BCUT2D eigenvalue weighted by Crippen LogP contribution is -2.57. The zero-order valence-electron chi connectivity index (χ0n) is 15.5. The van der Waals surface area contributed by atoms with Crippen molar-refractivity contribution in [3.05, 3.63) is 30.6 Å². The van der Waals surface area contributed by atoms with E-state index in [-0.39, 0.29) is 24.4 Å². The highest BCUT2D eigenvalue weighted by molar-refractivity contribution is 5.94. The molecule has 8 nitrogen and oxygen atoms in total. The van der Waals surface area contributed by atoms with Crippen LogP contribution in [-0.2, 0) is 16.6 Å². The maximum absolute atomic E-state index is 12.6. The summed E-state index contributed by atoms with van der Waals surface area (Å²) in [7, 11) is 1.87. The van der Waals surface area contributed by atoms with Gasteiger partial charge < -0.3 is 15.0 Å². The summed E-state index contributed by atoms with van der Waals surface area (Å²) in [6.07, 6.45) is 3.71. The summed E-state index contributed by atoms with van der Waals surface area (Å²) in [6, 6.07) is 5.74. The Bertz CT molecular complexity index is 878. The number of rotatable bonds is 1. The normalized spacial score (nSPS) is 20.4. The van der Waals surface area contributed by atoms with Gasteiger partial charge in [-0.3, -0.25) is 19.2 Å². The predicted molar refractivity (Wildman–Crippen MR) is 100 cm³/mol. The molecular formula is C19H23N5O3. The Morgan fingerprint density at radius 1 is 1.30 bits per heavy atom. The SMILES string of the molecule is CC(=O)N1CCN2CC(=O)Nc3cc(-c4cnn(C)c4)ccc3OC[C@@H]2C1. The van der Waals surface area contributed by atoms with E-state index in [1.54, 1.807) is 17.8 Å². The highest BCUT2D eigenvalue weighted by Gasteiger charge is 2.31. The Morgan fingerprint density at radius 3 is 2.89 bits per heavy atom. The molecular weight excluding hydrogens is 346 g/mol. The number of piperazine rings is 1. The molecule has 4 rings (SSSR count). The molecule has 8 heteroatoms. The second-order valence-corrected chi connectivity index (χ2v) is 7.06. The molecule has 1 N–H and O–H groups in total. The van der Waals surface area contributed by atoms with E-state index in [1.807, 2.05) is 36.3 Å². The smallest absolute Gasteiger partial charge is 0.238 e. The van der Waals surface area contributed by atoms with Gasteiger partial charge in [0.2, 0.25) is 11.8 Å². The largest absolute Gasteiger partial charge is 0.490 e. The molecule has 2 amide bonds. The summed E-state index contributed by atoms with van der Waals surface area (Å²) in [5.41, 5.74) is 2.60. The van der Waals surface area contributed by atoms with Crippen LogP contribution in [0.2, 0.25) is 0 Å². The van der Waals surface area contributed by atoms with E-state index in [0.29, 0.717) is 37.7 Å². The average molecular weight is 369 g/mol. The number of aryl methyl sites for hydroxylation is 1. The number of hydrogen-bond acceptors (Lipinski definition) is 5. The van der Waals surface area contributed by atoms with Gasteiger partial charge >= 0.3 is 0 Å². The van der Waals surface area contributed by atoms with Crippen LogP contribution in [0.4, 0.5) is 5.69 Å². The van der Waals surface area contributed by atoms with E-state index < -0.39 is 0 Å². The van der Waals surface area contributed by atoms with Gasteiger partial charge in [-0.1, -0.05) is 6.07 Å². The average Bonchev–Trinajstić information content (AvgIpc) is 3.09. The van der Waals surface area contributed by atoms with Gasteiger partial charge in [0, 0.05) is 45.4 Å². The van der Waals surface area contributed by atoms with Crippen LogP contribution in [0.25, 0.3) is 11.1 Å². The number of nitrogens with one attached hydrogen (secondary N) is 1. The Morgan fingerprint density at radius 2 is 2.15 bits per heavy atom. The van der Waals surface area contributed by atoms with E-state index in [0.717, 1.165) is 11.1 Å². The number of ether oxygens (including phenoxy) is 1. The standard InChI is InChI=1S/C19H23N5O3/c1-13(25)23-5-6-24-11-19(26)21-17-7-14(15-8-20-22(2)9-15)3-4-18(17)27-12-16(24)10-23/h3-4,7-9,16H,5-6,10-12H2,1-2H3,(H,21,26)/t16-/m0/s1. The number of fused-ring (bicyclic) bond motifs is 2. The molecule has 1 aromatic heterocycles. The van der Waals surface area contributed by atoms with Crippen LogP contribution >= 0.6 is 0 Å². The van der Waals surface area contributed by atoms with Crippen LogP contribution in [-0.4, -0.2) is 70.2 Å². The molecule has 0 saturated carbocycles. The fraction of sp³-hybridized carbons (Fsp3) is 0.421. The fourth-order valence-corrected chi connectivity index (χ4v) is 3.61. The fourth-order valence-electron chi connectivity index (χ4n) is 3.61. The molecule has 142 valence electrons. The lowest BCUT2D eigenvalue weighted by molar-refractivity contribution is -0.132. The van der Waals surface area contributed by atoms with Gasteiger partial charge in [0.05, 0.1) is 24.5 Å². The molecule has 1 fully saturated rings. The molecule has 27 heavy (non-hydrogen) atoms. The molecule has 3 heterocycles. The van der Waals surface area contributed by atoms with Crippen molar-refractivity contribution in [2.75, 3.05) is 38.1 Å². The van der Waals surface area contributed by atoms with Gasteiger partial charge in [0.1, 0.15) is 12.4 Å². The number of benzene rings is 1. The van der Waals surface area contributed by atoms with Crippen molar-refractivity contribution in [1.82, 2.24) is 19.6 Å². The first-order valence-electron chi connectivity index (χ1n) is 9.05. The Balaban J connectivity index is 1.60. The van der Waals surface area contributed by atoms with E-state index in [4.69, 9.17) is 4.74 Å². The topological polar surface area (TPSA) is 79.7 Å². The quantitative estimate of drug-likeness (QED) is 0.810. The van der Waals surface area contributed by atoms with E-state index in [2.05, 4.69) is 15.3 Å². The van der Waals surface area contributed by atoms with Crippen LogP contribution in [0, 0.1) is 0 Å². The third kappa shape index (κ3) is 3.66. The summed E-state index contributed by atoms with van der Waals surface area (Å²) in [5.74, 6) is 0.615. The zero-order valence-corrected chi connectivity index (χ0v) is 15.5. The van der Waals surface area contributed by atoms with Crippen molar-refractivity contribution in [3.63, 3.8) is 0 Å². The number of hydrogen-bond donors (Lipinski definition) is 1. The van der Waals surface area contributed by atoms with E-state index in [9.17, 15) is 9.59 Å². The summed E-state index contributed by atoms with van der Waals surface area (Å²) < 4.78 is 7.78. The molecule has 1 aromatic carbocycles. The van der Waals surface area contributed by atoms with Gasteiger partial charge in [0.15, 0.2) is 0 Å². The van der Waals surface area contributed by atoms with E-state index >= 15 is 0 Å². The summed E-state index contributed by atoms with van der Waals surface area (Å²) in [5, 5.41) is 7.17.